The monoisotopic (exact) mass is 453 g/mol. The number of benzene rings is 1. The topological polar surface area (TPSA) is 72.0 Å². The highest BCUT2D eigenvalue weighted by Gasteiger charge is 2.36. The summed E-state index contributed by atoms with van der Waals surface area (Å²) >= 11 is 0. The zero-order chi connectivity index (χ0) is 24.0. The molecule has 2 atom stereocenters. The third kappa shape index (κ3) is 6.24. The summed E-state index contributed by atoms with van der Waals surface area (Å²) in [5.74, 6) is 0.536. The minimum atomic E-state index is -0.627. The zero-order valence-corrected chi connectivity index (χ0v) is 20.3. The molecule has 33 heavy (non-hydrogen) atoms. The summed E-state index contributed by atoms with van der Waals surface area (Å²) in [6, 6.07) is 13.1. The maximum Gasteiger partial charge on any atom is 0.416 e. The molecule has 2 amide bonds. The van der Waals surface area contributed by atoms with Crippen molar-refractivity contribution in [1.29, 1.82) is 0 Å². The molecule has 1 aromatic carbocycles. The van der Waals surface area contributed by atoms with E-state index in [0.717, 1.165) is 30.4 Å². The van der Waals surface area contributed by atoms with Crippen LogP contribution in [0.5, 0.6) is 0 Å². The molecule has 1 fully saturated rings. The summed E-state index contributed by atoms with van der Waals surface area (Å²) in [5.41, 5.74) is 1.15. The van der Waals surface area contributed by atoms with Crippen LogP contribution in [0.1, 0.15) is 71.0 Å². The van der Waals surface area contributed by atoms with E-state index < -0.39 is 11.7 Å². The lowest BCUT2D eigenvalue weighted by Crippen LogP contribution is -2.43. The van der Waals surface area contributed by atoms with Crippen molar-refractivity contribution in [3.63, 3.8) is 0 Å². The predicted octanol–water partition coefficient (Wildman–Crippen LogP) is 6.10. The van der Waals surface area contributed by atoms with Crippen LogP contribution < -0.4 is 4.90 Å². The normalized spacial score (nSPS) is 16.9. The third-order valence-electron chi connectivity index (χ3n) is 5.72. The average Bonchev–Trinajstić information content (AvgIpc) is 3.27. The number of carbonyl (C=O) groups excluding carboxylic acids is 2. The first-order chi connectivity index (χ1) is 15.7. The van der Waals surface area contributed by atoms with Gasteiger partial charge in [0.1, 0.15) is 18.0 Å². The van der Waals surface area contributed by atoms with E-state index in [9.17, 15) is 9.59 Å². The molecule has 1 aromatic heterocycles. The van der Waals surface area contributed by atoms with Crippen molar-refractivity contribution in [3.8, 4) is 0 Å². The van der Waals surface area contributed by atoms with Gasteiger partial charge in [-0.05, 0) is 58.6 Å². The molecule has 0 aliphatic carbocycles. The van der Waals surface area contributed by atoms with Crippen LogP contribution in [0.4, 0.5) is 15.4 Å². The number of likely N-dealkylation sites (tertiary alicyclic amines) is 1. The van der Waals surface area contributed by atoms with E-state index in [0.29, 0.717) is 12.4 Å². The lowest BCUT2D eigenvalue weighted by atomic mass is 10.0. The Morgan fingerprint density at radius 2 is 1.91 bits per heavy atom. The predicted molar refractivity (Wildman–Crippen MR) is 128 cm³/mol. The minimum absolute atomic E-state index is 0.117. The molecule has 0 unspecified atom stereocenters. The summed E-state index contributed by atoms with van der Waals surface area (Å²) in [4.78, 5) is 34.1. The smallest absolute Gasteiger partial charge is 0.416 e. The molecule has 3 rings (SSSR count). The van der Waals surface area contributed by atoms with Crippen molar-refractivity contribution in [1.82, 2.24) is 9.88 Å². The van der Waals surface area contributed by atoms with E-state index in [4.69, 9.17) is 9.47 Å². The first-order valence-corrected chi connectivity index (χ1v) is 11.7. The Bertz CT molecular complexity index is 942. The first kappa shape index (κ1) is 24.6. The Hall–Kier alpha value is -3.09. The van der Waals surface area contributed by atoms with E-state index in [1.807, 2.05) is 77.1 Å². The van der Waals surface area contributed by atoms with Gasteiger partial charge in [0, 0.05) is 24.3 Å². The summed E-state index contributed by atoms with van der Waals surface area (Å²) in [6.07, 6.45) is 3.25. The van der Waals surface area contributed by atoms with Gasteiger partial charge in [-0.2, -0.15) is 0 Å². The molecule has 7 nitrogen and oxygen atoms in total. The molecule has 1 aliphatic rings. The second-order valence-electron chi connectivity index (χ2n) is 9.42. The van der Waals surface area contributed by atoms with Crippen LogP contribution in [0.25, 0.3) is 0 Å². The van der Waals surface area contributed by atoms with Gasteiger partial charge in [0.15, 0.2) is 0 Å². The standard InChI is InChI=1S/C26H35N3O4/c1-6-19(2)29(25(31)33-26(3,4)5)23-21(14-10-16-27-23)22-15-11-17-28(22)24(30)32-18-20-12-8-7-9-13-20/h7-10,12-14,16,19,22H,6,11,15,17-18H2,1-5H3/t19-,22+/m0/s1. The number of hydrogen-bond acceptors (Lipinski definition) is 5. The Morgan fingerprint density at radius 3 is 2.58 bits per heavy atom. The van der Waals surface area contributed by atoms with Gasteiger partial charge in [0.05, 0.1) is 6.04 Å². The van der Waals surface area contributed by atoms with E-state index >= 15 is 0 Å². The molecule has 178 valence electrons. The number of aromatic nitrogens is 1. The van der Waals surface area contributed by atoms with Crippen molar-refractivity contribution in [2.24, 2.45) is 0 Å². The van der Waals surface area contributed by atoms with Crippen LogP contribution in [0, 0.1) is 0 Å². The molecule has 2 aromatic rings. The number of rotatable bonds is 6. The lowest BCUT2D eigenvalue weighted by Gasteiger charge is -2.33. The maximum absolute atomic E-state index is 13.2. The molecule has 1 aliphatic heterocycles. The SMILES string of the molecule is CC[C@H](C)N(C(=O)OC(C)(C)C)c1ncccc1[C@H]1CCCN1C(=O)OCc1ccccc1. The molecule has 0 N–H and O–H groups in total. The number of amides is 2. The fourth-order valence-electron chi connectivity index (χ4n) is 3.95. The maximum atomic E-state index is 13.2. The van der Waals surface area contributed by atoms with Gasteiger partial charge in [0.2, 0.25) is 0 Å². The van der Waals surface area contributed by atoms with Crippen LogP contribution in [-0.2, 0) is 16.1 Å². The number of carbonyl (C=O) groups is 2. The Morgan fingerprint density at radius 1 is 1.18 bits per heavy atom. The second-order valence-corrected chi connectivity index (χ2v) is 9.42. The highest BCUT2D eigenvalue weighted by molar-refractivity contribution is 5.88. The van der Waals surface area contributed by atoms with E-state index in [2.05, 4.69) is 4.98 Å². The van der Waals surface area contributed by atoms with E-state index in [-0.39, 0.29) is 24.8 Å². The molecule has 0 saturated carbocycles. The highest BCUT2D eigenvalue weighted by atomic mass is 16.6. The van der Waals surface area contributed by atoms with Crippen LogP contribution in [0.3, 0.4) is 0 Å². The fourth-order valence-corrected chi connectivity index (χ4v) is 3.95. The summed E-state index contributed by atoms with van der Waals surface area (Å²) in [6.45, 7) is 10.4. The van der Waals surface area contributed by atoms with Gasteiger partial charge in [0.25, 0.3) is 0 Å². The number of ether oxygens (including phenoxy) is 2. The molecule has 1 saturated heterocycles. The molecule has 0 radical (unpaired) electrons. The summed E-state index contributed by atoms with van der Waals surface area (Å²) in [5, 5.41) is 0. The number of nitrogens with zero attached hydrogens (tertiary/aromatic N) is 3. The van der Waals surface area contributed by atoms with E-state index in [1.54, 1.807) is 16.0 Å². The Balaban J connectivity index is 1.86. The van der Waals surface area contributed by atoms with Gasteiger partial charge < -0.3 is 14.4 Å². The zero-order valence-electron chi connectivity index (χ0n) is 20.3. The Kier molecular flexibility index (Phi) is 7.95. The quantitative estimate of drug-likeness (QED) is 0.529. The van der Waals surface area contributed by atoms with Gasteiger partial charge in [-0.1, -0.05) is 43.3 Å². The van der Waals surface area contributed by atoms with Gasteiger partial charge in [-0.15, -0.1) is 0 Å². The highest BCUT2D eigenvalue weighted by Crippen LogP contribution is 2.38. The number of anilines is 1. The average molecular weight is 454 g/mol. The van der Waals surface area contributed by atoms with Crippen molar-refractivity contribution >= 4 is 18.0 Å². The molecular weight excluding hydrogens is 418 g/mol. The van der Waals surface area contributed by atoms with Crippen LogP contribution in [-0.4, -0.2) is 40.3 Å². The largest absolute Gasteiger partial charge is 0.445 e. The van der Waals surface area contributed by atoms with Crippen LogP contribution in [0.15, 0.2) is 48.7 Å². The van der Waals surface area contributed by atoms with Crippen molar-refractivity contribution in [3.05, 3.63) is 59.8 Å². The summed E-state index contributed by atoms with van der Waals surface area (Å²) < 4.78 is 11.3. The summed E-state index contributed by atoms with van der Waals surface area (Å²) in [7, 11) is 0. The lowest BCUT2D eigenvalue weighted by molar-refractivity contribution is 0.0565. The van der Waals surface area contributed by atoms with Gasteiger partial charge in [-0.25, -0.2) is 14.6 Å². The van der Waals surface area contributed by atoms with Gasteiger partial charge >= 0.3 is 12.2 Å². The van der Waals surface area contributed by atoms with Crippen molar-refractivity contribution in [2.75, 3.05) is 11.4 Å². The minimum Gasteiger partial charge on any atom is -0.445 e. The Labute approximate surface area is 196 Å². The molecule has 2 heterocycles. The van der Waals surface area contributed by atoms with Gasteiger partial charge in [-0.3, -0.25) is 4.90 Å². The van der Waals surface area contributed by atoms with Crippen LogP contribution >= 0.6 is 0 Å². The number of pyridine rings is 1. The number of hydrogen-bond donors (Lipinski definition) is 0. The molecule has 0 spiro atoms. The first-order valence-electron chi connectivity index (χ1n) is 11.7. The fraction of sp³-hybridized carbons (Fsp3) is 0.500. The van der Waals surface area contributed by atoms with E-state index in [1.165, 1.54) is 0 Å². The van der Waals surface area contributed by atoms with Crippen molar-refractivity contribution in [2.45, 2.75) is 78.2 Å². The molecule has 7 heteroatoms. The third-order valence-corrected chi connectivity index (χ3v) is 5.72. The van der Waals surface area contributed by atoms with Crippen molar-refractivity contribution < 1.29 is 19.1 Å². The van der Waals surface area contributed by atoms with Crippen LogP contribution in [0.2, 0.25) is 0 Å². The molecule has 0 bridgehead atoms. The molecular formula is C26H35N3O4. The second kappa shape index (κ2) is 10.7.